The van der Waals surface area contributed by atoms with Crippen LogP contribution in [0, 0.1) is 28.5 Å². The summed E-state index contributed by atoms with van der Waals surface area (Å²) in [6, 6.07) is 11.6. The molecule has 1 saturated carbocycles. The van der Waals surface area contributed by atoms with Gasteiger partial charge in [-0.25, -0.2) is 23.1 Å². The smallest absolute Gasteiger partial charge is 0.248 e. The minimum Gasteiger partial charge on any atom is -0.351 e. The zero-order valence-corrected chi connectivity index (χ0v) is 25.1. The number of amides is 3. The van der Waals surface area contributed by atoms with Crippen molar-refractivity contribution < 1.29 is 27.6 Å². The molecule has 0 radical (unpaired) electrons. The first-order valence-corrected chi connectivity index (χ1v) is 14.9. The van der Waals surface area contributed by atoms with Gasteiger partial charge in [0.1, 0.15) is 23.6 Å². The minimum atomic E-state index is -2.85. The first kappa shape index (κ1) is 32.4. The summed E-state index contributed by atoms with van der Waals surface area (Å²) >= 11 is 6.55. The van der Waals surface area contributed by atoms with E-state index in [0.29, 0.717) is 0 Å². The van der Waals surface area contributed by atoms with E-state index in [9.17, 15) is 38.1 Å². The Morgan fingerprint density at radius 3 is 2.54 bits per heavy atom. The molecule has 3 aromatic rings. The van der Waals surface area contributed by atoms with Crippen molar-refractivity contribution in [2.45, 2.75) is 69.0 Å². The summed E-state index contributed by atoms with van der Waals surface area (Å²) < 4.78 is 42.6. The Kier molecular flexibility index (Phi) is 9.54. The summed E-state index contributed by atoms with van der Waals surface area (Å²) in [4.78, 5) is 51.9. The Morgan fingerprint density at radius 2 is 1.85 bits per heavy atom. The van der Waals surface area contributed by atoms with Gasteiger partial charge >= 0.3 is 0 Å². The van der Waals surface area contributed by atoms with E-state index in [4.69, 9.17) is 11.6 Å². The summed E-state index contributed by atoms with van der Waals surface area (Å²) in [5.41, 5.74) is -0.0742. The number of anilines is 2. The Morgan fingerprint density at radius 1 is 1.11 bits per heavy atom. The standard InChI is InChI=1S/C32H27ClF3N7O3/c33-26-4-2-1-3-25(26)29(30(46)40-21-7-10-32(35,36)11-8-21)42(24-14-19(17-37)13-20(34)15-24)28(45)16-23-5-6-27(44)43(23)31-39-12-9-22(18-38)41-31/h1-4,9,12-15,21,23,29H,5-8,10-11,16H2,(H,40,46)/t23-,29-/m0/s1. The largest absolute Gasteiger partial charge is 0.351 e. The van der Waals surface area contributed by atoms with Crippen molar-refractivity contribution in [2.24, 2.45) is 0 Å². The van der Waals surface area contributed by atoms with Crippen molar-refractivity contribution in [3.63, 3.8) is 0 Å². The number of alkyl halides is 2. The molecule has 0 unspecified atom stereocenters. The van der Waals surface area contributed by atoms with E-state index < -0.39 is 54.5 Å². The molecule has 2 fully saturated rings. The second-order valence-electron chi connectivity index (χ2n) is 11.2. The first-order chi connectivity index (χ1) is 22.0. The molecule has 0 spiro atoms. The fraction of sp³-hybridized carbons (Fsp3) is 0.344. The molecule has 0 bridgehead atoms. The molecule has 1 aliphatic carbocycles. The van der Waals surface area contributed by atoms with E-state index in [0.717, 1.165) is 17.0 Å². The van der Waals surface area contributed by atoms with Crippen molar-refractivity contribution in [1.29, 1.82) is 10.5 Å². The molecular weight excluding hydrogens is 623 g/mol. The van der Waals surface area contributed by atoms with Crippen molar-refractivity contribution in [2.75, 3.05) is 9.80 Å². The third kappa shape index (κ3) is 7.11. The Hall–Kier alpha value is -5.01. The summed E-state index contributed by atoms with van der Waals surface area (Å²) in [5.74, 6) is -5.63. The average Bonchev–Trinajstić information content (AvgIpc) is 3.40. The van der Waals surface area contributed by atoms with Gasteiger partial charge in [0.05, 0.1) is 11.6 Å². The molecule has 10 nitrogen and oxygen atoms in total. The number of aromatic nitrogens is 2. The highest BCUT2D eigenvalue weighted by atomic mass is 35.5. The molecule has 2 heterocycles. The molecule has 1 aromatic heterocycles. The van der Waals surface area contributed by atoms with Gasteiger partial charge in [-0.1, -0.05) is 29.8 Å². The van der Waals surface area contributed by atoms with Crippen LogP contribution in [0.5, 0.6) is 0 Å². The lowest BCUT2D eigenvalue weighted by Crippen LogP contribution is -2.49. The highest BCUT2D eigenvalue weighted by molar-refractivity contribution is 6.31. The second kappa shape index (κ2) is 13.5. The lowest BCUT2D eigenvalue weighted by Gasteiger charge is -2.35. The summed E-state index contributed by atoms with van der Waals surface area (Å²) in [5, 5.41) is 21.7. The van der Waals surface area contributed by atoms with Gasteiger partial charge in [0.15, 0.2) is 0 Å². The van der Waals surface area contributed by atoms with E-state index in [1.807, 2.05) is 12.1 Å². The molecule has 2 atom stereocenters. The van der Waals surface area contributed by atoms with Gasteiger partial charge in [-0.2, -0.15) is 10.5 Å². The lowest BCUT2D eigenvalue weighted by molar-refractivity contribution is -0.128. The first-order valence-electron chi connectivity index (χ1n) is 14.5. The fourth-order valence-corrected chi connectivity index (χ4v) is 6.05. The molecule has 1 saturated heterocycles. The second-order valence-corrected chi connectivity index (χ2v) is 11.6. The van der Waals surface area contributed by atoms with Gasteiger partial charge in [-0.05, 0) is 49.6 Å². The molecule has 1 aliphatic heterocycles. The highest BCUT2D eigenvalue weighted by Gasteiger charge is 2.41. The minimum absolute atomic E-state index is 0.00137. The predicted molar refractivity (Wildman–Crippen MR) is 160 cm³/mol. The van der Waals surface area contributed by atoms with Crippen LogP contribution in [0.15, 0.2) is 54.7 Å². The van der Waals surface area contributed by atoms with Crippen LogP contribution in [0.1, 0.15) is 67.8 Å². The number of benzene rings is 2. The van der Waals surface area contributed by atoms with Crippen LogP contribution in [0.3, 0.4) is 0 Å². The van der Waals surface area contributed by atoms with Crippen molar-refractivity contribution in [3.05, 3.63) is 82.4 Å². The maximum atomic E-state index is 14.9. The topological polar surface area (TPSA) is 143 Å². The molecule has 1 N–H and O–H groups in total. The van der Waals surface area contributed by atoms with Gasteiger partial charge in [0.25, 0.3) is 0 Å². The zero-order chi connectivity index (χ0) is 33.0. The maximum Gasteiger partial charge on any atom is 0.248 e. The molecule has 14 heteroatoms. The number of nitrogens with zero attached hydrogens (tertiary/aromatic N) is 6. The van der Waals surface area contributed by atoms with Gasteiger partial charge < -0.3 is 5.32 Å². The number of hydrogen-bond acceptors (Lipinski definition) is 7. The molecule has 236 valence electrons. The molecule has 46 heavy (non-hydrogen) atoms. The fourth-order valence-electron chi connectivity index (χ4n) is 5.81. The number of nitrogens with one attached hydrogen (secondary N) is 1. The molecule has 5 rings (SSSR count). The van der Waals surface area contributed by atoms with Crippen molar-refractivity contribution in [1.82, 2.24) is 15.3 Å². The number of nitriles is 2. The third-order valence-corrected chi connectivity index (χ3v) is 8.38. The monoisotopic (exact) mass is 649 g/mol. The summed E-state index contributed by atoms with van der Waals surface area (Å²) in [7, 11) is 0. The lowest BCUT2D eigenvalue weighted by atomic mass is 9.91. The number of halogens is 4. The predicted octanol–water partition coefficient (Wildman–Crippen LogP) is 5.37. The van der Waals surface area contributed by atoms with Crippen LogP contribution in [0.4, 0.5) is 24.8 Å². The van der Waals surface area contributed by atoms with Crippen LogP contribution in [0.2, 0.25) is 5.02 Å². The van der Waals surface area contributed by atoms with Crippen LogP contribution in [-0.4, -0.2) is 45.7 Å². The van der Waals surface area contributed by atoms with Crippen LogP contribution < -0.4 is 15.1 Å². The Labute approximate surface area is 267 Å². The molecular formula is C32H27ClF3N7O3. The van der Waals surface area contributed by atoms with E-state index in [1.165, 1.54) is 35.4 Å². The van der Waals surface area contributed by atoms with Crippen LogP contribution in [0.25, 0.3) is 0 Å². The average molecular weight is 650 g/mol. The van der Waals surface area contributed by atoms with Gasteiger partial charge in [0, 0.05) is 60.2 Å². The number of carbonyl (C=O) groups excluding carboxylic acids is 3. The molecule has 2 aromatic carbocycles. The van der Waals surface area contributed by atoms with Crippen LogP contribution in [-0.2, 0) is 14.4 Å². The normalized spacial score (nSPS) is 18.3. The Balaban J connectivity index is 1.56. The number of rotatable bonds is 8. The van der Waals surface area contributed by atoms with Crippen molar-refractivity contribution >= 4 is 41.0 Å². The molecule has 3 amide bonds. The van der Waals surface area contributed by atoms with E-state index >= 15 is 0 Å². The van der Waals surface area contributed by atoms with Gasteiger partial charge in [-0.3, -0.25) is 24.2 Å². The van der Waals surface area contributed by atoms with Gasteiger partial charge in [0.2, 0.25) is 29.6 Å². The van der Waals surface area contributed by atoms with Gasteiger partial charge in [-0.15, -0.1) is 0 Å². The summed E-state index contributed by atoms with van der Waals surface area (Å²) in [6.07, 6.45) is 0.353. The zero-order valence-electron chi connectivity index (χ0n) is 24.3. The number of hydrogen-bond donors (Lipinski definition) is 1. The summed E-state index contributed by atoms with van der Waals surface area (Å²) in [6.45, 7) is 0. The quantitative estimate of drug-likeness (QED) is 0.346. The Bertz CT molecular complexity index is 1750. The SMILES string of the molecule is N#Cc1cc(F)cc(N(C(=O)C[C@@H]2CCC(=O)N2c2nccc(C#N)n2)[C@H](C(=O)NC2CCC(F)(F)CC2)c2ccccc2Cl)c1. The maximum absolute atomic E-state index is 14.9. The highest BCUT2D eigenvalue weighted by Crippen LogP contribution is 2.37. The van der Waals surface area contributed by atoms with Crippen molar-refractivity contribution in [3.8, 4) is 12.1 Å². The number of carbonyl (C=O) groups is 3. The van der Waals surface area contributed by atoms with Crippen LogP contribution >= 0.6 is 11.6 Å². The van der Waals surface area contributed by atoms with E-state index in [1.54, 1.807) is 12.1 Å². The van der Waals surface area contributed by atoms with E-state index in [-0.39, 0.29) is 71.5 Å². The molecule has 2 aliphatic rings. The van der Waals surface area contributed by atoms with E-state index in [2.05, 4.69) is 15.3 Å². The third-order valence-electron chi connectivity index (χ3n) is 8.04.